The molecule has 0 bridgehead atoms. The van der Waals surface area contributed by atoms with Gasteiger partial charge < -0.3 is 10.2 Å². The molecule has 21 heavy (non-hydrogen) atoms. The predicted molar refractivity (Wildman–Crippen MR) is 91.2 cm³/mol. The van der Waals surface area contributed by atoms with Gasteiger partial charge in [-0.3, -0.25) is 0 Å². The van der Waals surface area contributed by atoms with E-state index in [1.165, 1.54) is 44.3 Å². The number of halogens is 1. The minimum absolute atomic E-state index is 0.619. The number of piperidine rings is 1. The normalized spacial score (nSPS) is 27.2. The lowest BCUT2D eigenvalue weighted by Gasteiger charge is -2.39. The van der Waals surface area contributed by atoms with Crippen LogP contribution in [0.2, 0.25) is 5.02 Å². The Balaban J connectivity index is 1.58. The number of nitrogens with zero attached hydrogens (tertiary/aromatic N) is 1. The van der Waals surface area contributed by atoms with Crippen molar-refractivity contribution < 1.29 is 0 Å². The smallest absolute Gasteiger partial charge is 0.0426 e. The average molecular weight is 307 g/mol. The lowest BCUT2D eigenvalue weighted by Crippen LogP contribution is -2.49. The Morgan fingerprint density at radius 2 is 2.05 bits per heavy atom. The monoisotopic (exact) mass is 306 g/mol. The van der Waals surface area contributed by atoms with Gasteiger partial charge in [-0.2, -0.15) is 0 Å². The van der Waals surface area contributed by atoms with Crippen molar-refractivity contribution in [2.45, 2.75) is 45.1 Å². The highest BCUT2D eigenvalue weighted by atomic mass is 35.5. The molecule has 0 spiro atoms. The summed E-state index contributed by atoms with van der Waals surface area (Å²) in [5, 5.41) is 4.67. The molecule has 1 aliphatic heterocycles. The fourth-order valence-corrected chi connectivity index (χ4v) is 4.12. The summed E-state index contributed by atoms with van der Waals surface area (Å²) in [5.74, 6) is 1.65. The molecule has 1 aromatic carbocycles. The van der Waals surface area contributed by atoms with Crippen molar-refractivity contribution >= 4 is 17.3 Å². The molecule has 1 heterocycles. The van der Waals surface area contributed by atoms with Crippen LogP contribution in [0.25, 0.3) is 0 Å². The summed E-state index contributed by atoms with van der Waals surface area (Å²) in [6, 6.07) is 8.89. The zero-order valence-electron chi connectivity index (χ0n) is 13.0. The minimum atomic E-state index is 0.619. The number of nitrogens with one attached hydrogen (secondary N) is 1. The second-order valence-corrected chi connectivity index (χ2v) is 7.42. The van der Waals surface area contributed by atoms with Gasteiger partial charge >= 0.3 is 0 Å². The molecule has 1 aliphatic carbocycles. The highest BCUT2D eigenvalue weighted by Gasteiger charge is 2.26. The molecule has 1 N–H and O–H groups in total. The average Bonchev–Trinajstić information content (AvgIpc) is 2.98. The van der Waals surface area contributed by atoms with Crippen LogP contribution in [0, 0.1) is 11.8 Å². The van der Waals surface area contributed by atoms with Gasteiger partial charge in [0.2, 0.25) is 0 Å². The van der Waals surface area contributed by atoms with Crippen molar-refractivity contribution in [3.8, 4) is 0 Å². The van der Waals surface area contributed by atoms with Crippen molar-refractivity contribution in [1.82, 2.24) is 5.32 Å². The van der Waals surface area contributed by atoms with Crippen molar-refractivity contribution in [2.75, 3.05) is 24.5 Å². The Kier molecular flexibility index (Phi) is 5.07. The van der Waals surface area contributed by atoms with Gasteiger partial charge in [0, 0.05) is 29.8 Å². The van der Waals surface area contributed by atoms with E-state index in [9.17, 15) is 0 Å². The summed E-state index contributed by atoms with van der Waals surface area (Å²) in [5.41, 5.74) is 1.27. The second-order valence-electron chi connectivity index (χ2n) is 6.98. The van der Waals surface area contributed by atoms with Crippen LogP contribution in [0.3, 0.4) is 0 Å². The van der Waals surface area contributed by atoms with E-state index in [0.717, 1.165) is 29.9 Å². The van der Waals surface area contributed by atoms with E-state index in [-0.39, 0.29) is 0 Å². The Morgan fingerprint density at radius 1 is 1.24 bits per heavy atom. The molecule has 116 valence electrons. The predicted octanol–water partition coefficient (Wildman–Crippen LogP) is 4.33. The number of benzene rings is 1. The first-order chi connectivity index (χ1) is 10.2. The summed E-state index contributed by atoms with van der Waals surface area (Å²) >= 11 is 6.14. The van der Waals surface area contributed by atoms with Crippen molar-refractivity contribution in [3.63, 3.8) is 0 Å². The third-order valence-electron chi connectivity index (χ3n) is 5.00. The highest BCUT2D eigenvalue weighted by Crippen LogP contribution is 2.27. The van der Waals surface area contributed by atoms with Crippen molar-refractivity contribution in [3.05, 3.63) is 29.3 Å². The first-order valence-corrected chi connectivity index (χ1v) is 8.82. The zero-order valence-corrected chi connectivity index (χ0v) is 13.8. The Hall–Kier alpha value is -0.730. The van der Waals surface area contributed by atoms with E-state index < -0.39 is 0 Å². The molecule has 0 radical (unpaired) electrons. The van der Waals surface area contributed by atoms with E-state index in [4.69, 9.17) is 11.6 Å². The van der Waals surface area contributed by atoms with Crippen molar-refractivity contribution in [1.29, 1.82) is 0 Å². The van der Waals surface area contributed by atoms with Gasteiger partial charge in [-0.15, -0.1) is 0 Å². The van der Waals surface area contributed by atoms with Crippen LogP contribution < -0.4 is 10.2 Å². The maximum absolute atomic E-state index is 6.14. The first kappa shape index (κ1) is 15.2. The summed E-state index contributed by atoms with van der Waals surface area (Å²) in [6.07, 6.45) is 7.01. The fraction of sp³-hybridized carbons (Fsp3) is 0.667. The van der Waals surface area contributed by atoms with Gasteiger partial charge in [0.1, 0.15) is 0 Å². The van der Waals surface area contributed by atoms with Gasteiger partial charge in [0.05, 0.1) is 0 Å². The molecule has 1 saturated heterocycles. The van der Waals surface area contributed by atoms with Gasteiger partial charge in [-0.25, -0.2) is 0 Å². The number of hydrogen-bond acceptors (Lipinski definition) is 2. The maximum atomic E-state index is 6.14. The molecule has 2 atom stereocenters. The van der Waals surface area contributed by atoms with Crippen LogP contribution in [-0.2, 0) is 0 Å². The largest absolute Gasteiger partial charge is 0.370 e. The lowest BCUT2D eigenvalue weighted by molar-refractivity contribution is 0.332. The Bertz CT molecular complexity index is 456. The topological polar surface area (TPSA) is 15.3 Å². The molecule has 1 aromatic rings. The molecule has 2 aliphatic rings. The molecule has 2 unspecified atom stereocenters. The molecule has 3 rings (SSSR count). The van der Waals surface area contributed by atoms with Crippen LogP contribution in [0.15, 0.2) is 24.3 Å². The van der Waals surface area contributed by atoms with Crippen LogP contribution in [0.5, 0.6) is 0 Å². The summed E-state index contributed by atoms with van der Waals surface area (Å²) < 4.78 is 0. The van der Waals surface area contributed by atoms with E-state index in [0.29, 0.717) is 6.04 Å². The van der Waals surface area contributed by atoms with Crippen molar-refractivity contribution in [2.24, 2.45) is 11.8 Å². The molecule has 1 saturated carbocycles. The zero-order chi connectivity index (χ0) is 14.7. The second kappa shape index (κ2) is 7.02. The highest BCUT2D eigenvalue weighted by molar-refractivity contribution is 6.30. The van der Waals surface area contributed by atoms with E-state index in [1.54, 1.807) is 0 Å². The third-order valence-corrected chi connectivity index (χ3v) is 5.24. The fourth-order valence-electron chi connectivity index (χ4n) is 3.93. The minimum Gasteiger partial charge on any atom is -0.370 e. The lowest BCUT2D eigenvalue weighted by atomic mass is 9.94. The quantitative estimate of drug-likeness (QED) is 0.890. The Labute approximate surface area is 133 Å². The van der Waals surface area contributed by atoms with Crippen LogP contribution in [0.1, 0.15) is 39.0 Å². The standard InChI is InChI=1S/C18H27ClN2/c1-14-9-17(20-11-15-5-2-3-6-15)13-21(12-14)18-8-4-7-16(19)10-18/h4,7-8,10,14-15,17,20H,2-3,5-6,9,11-13H2,1H3. The number of hydrogen-bond donors (Lipinski definition) is 1. The third kappa shape index (κ3) is 4.14. The molecule has 2 nitrogen and oxygen atoms in total. The number of rotatable bonds is 4. The summed E-state index contributed by atoms with van der Waals surface area (Å²) in [7, 11) is 0. The van der Waals surface area contributed by atoms with Crippen LogP contribution in [-0.4, -0.2) is 25.7 Å². The first-order valence-electron chi connectivity index (χ1n) is 8.44. The molecular formula is C18H27ClN2. The molecule has 2 fully saturated rings. The molecule has 0 aromatic heterocycles. The van der Waals surface area contributed by atoms with E-state index >= 15 is 0 Å². The summed E-state index contributed by atoms with van der Waals surface area (Å²) in [6.45, 7) is 5.82. The SMILES string of the molecule is CC1CC(NCC2CCCC2)CN(c2cccc(Cl)c2)C1. The van der Waals surface area contributed by atoms with E-state index in [1.807, 2.05) is 6.07 Å². The maximum Gasteiger partial charge on any atom is 0.0426 e. The van der Waals surface area contributed by atoms with Gasteiger partial charge in [0.25, 0.3) is 0 Å². The van der Waals surface area contributed by atoms with Gasteiger partial charge in [-0.1, -0.05) is 37.4 Å². The molecule has 0 amide bonds. The van der Waals surface area contributed by atoms with Crippen LogP contribution in [0.4, 0.5) is 5.69 Å². The van der Waals surface area contributed by atoms with Crippen LogP contribution >= 0.6 is 11.6 Å². The Morgan fingerprint density at radius 3 is 2.81 bits per heavy atom. The number of anilines is 1. The van der Waals surface area contributed by atoms with E-state index in [2.05, 4.69) is 35.3 Å². The van der Waals surface area contributed by atoms with Gasteiger partial charge in [-0.05, 0) is 55.8 Å². The summed E-state index contributed by atoms with van der Waals surface area (Å²) in [4.78, 5) is 2.49. The molecular weight excluding hydrogens is 280 g/mol. The van der Waals surface area contributed by atoms with Gasteiger partial charge in [0.15, 0.2) is 0 Å². The molecule has 3 heteroatoms.